The largest absolute Gasteiger partial charge is 0.478 e. The number of benzene rings is 3. The third-order valence-electron chi connectivity index (χ3n) is 7.10. The number of aromatic carboxylic acids is 1. The molecular formula is C28H25Cl2N3O3. The van der Waals surface area contributed by atoms with Gasteiger partial charge in [0, 0.05) is 36.7 Å². The van der Waals surface area contributed by atoms with Crippen LogP contribution in [0.5, 0.6) is 0 Å². The van der Waals surface area contributed by atoms with Crippen molar-refractivity contribution in [1.29, 1.82) is 0 Å². The quantitative estimate of drug-likeness (QED) is 0.336. The van der Waals surface area contributed by atoms with Gasteiger partial charge >= 0.3 is 5.97 Å². The number of carboxylic acid groups (broad SMARTS) is 1. The van der Waals surface area contributed by atoms with Gasteiger partial charge in [-0.1, -0.05) is 53.5 Å². The Hall–Kier alpha value is -3.48. The van der Waals surface area contributed by atoms with Crippen LogP contribution < -0.4 is 10.2 Å². The number of amides is 1. The Morgan fingerprint density at radius 2 is 1.78 bits per heavy atom. The Labute approximate surface area is 219 Å². The van der Waals surface area contributed by atoms with Crippen molar-refractivity contribution < 1.29 is 14.7 Å². The van der Waals surface area contributed by atoms with Crippen LogP contribution in [0.3, 0.4) is 0 Å². The van der Waals surface area contributed by atoms with E-state index < -0.39 is 11.5 Å². The maximum Gasteiger partial charge on any atom is 0.335 e. The highest BCUT2D eigenvalue weighted by molar-refractivity contribution is 6.45. The van der Waals surface area contributed by atoms with Crippen LogP contribution in [-0.2, 0) is 12.6 Å². The first-order valence-electron chi connectivity index (χ1n) is 11.6. The first kappa shape index (κ1) is 24.2. The van der Waals surface area contributed by atoms with Crippen LogP contribution in [0, 0.1) is 6.92 Å². The van der Waals surface area contributed by atoms with Gasteiger partial charge in [0.2, 0.25) is 0 Å². The maximum atomic E-state index is 13.7. The second-order valence-corrected chi connectivity index (χ2v) is 10.0. The minimum atomic E-state index is -0.972. The van der Waals surface area contributed by atoms with Crippen LogP contribution in [0.4, 0.5) is 5.69 Å². The second kappa shape index (κ2) is 9.19. The molecule has 1 aromatic heterocycles. The molecule has 2 N–H and O–H groups in total. The van der Waals surface area contributed by atoms with Gasteiger partial charge in [0.25, 0.3) is 5.91 Å². The number of nitrogens with zero attached hydrogens (tertiary/aromatic N) is 2. The molecule has 0 bridgehead atoms. The van der Waals surface area contributed by atoms with Crippen molar-refractivity contribution in [3.8, 4) is 0 Å². The Kier molecular flexibility index (Phi) is 6.18. The molecule has 8 heteroatoms. The van der Waals surface area contributed by atoms with Crippen LogP contribution in [0.1, 0.15) is 38.4 Å². The fourth-order valence-corrected chi connectivity index (χ4v) is 5.51. The molecule has 6 nitrogen and oxygen atoms in total. The minimum Gasteiger partial charge on any atom is -0.478 e. The number of aryl methyl sites for hydroxylation is 2. The summed E-state index contributed by atoms with van der Waals surface area (Å²) in [6, 6.07) is 20.7. The molecule has 4 aromatic rings. The lowest BCUT2D eigenvalue weighted by molar-refractivity contribution is 0.0695. The number of carbonyl (C=O) groups excluding carboxylic acids is 1. The fraction of sp³-hybridized carbons (Fsp3) is 0.214. The minimum absolute atomic E-state index is 0.240. The van der Waals surface area contributed by atoms with Gasteiger partial charge in [-0.2, -0.15) is 0 Å². The third-order valence-corrected chi connectivity index (χ3v) is 7.92. The average Bonchev–Trinajstić information content (AvgIpc) is 3.44. The van der Waals surface area contributed by atoms with E-state index in [0.29, 0.717) is 39.7 Å². The Morgan fingerprint density at radius 3 is 2.47 bits per heavy atom. The molecule has 1 atom stereocenters. The molecule has 1 saturated heterocycles. The number of hydrogen-bond acceptors (Lipinski definition) is 3. The number of fused-ring (bicyclic) bond motifs is 1. The molecule has 184 valence electrons. The summed E-state index contributed by atoms with van der Waals surface area (Å²) >= 11 is 12.6. The summed E-state index contributed by atoms with van der Waals surface area (Å²) in [6.45, 7) is 3.06. The van der Waals surface area contributed by atoms with Crippen molar-refractivity contribution >= 4 is 51.7 Å². The second-order valence-electron chi connectivity index (χ2n) is 9.26. The van der Waals surface area contributed by atoms with Crippen molar-refractivity contribution in [2.75, 3.05) is 18.0 Å². The van der Waals surface area contributed by atoms with Crippen LogP contribution in [0.15, 0.2) is 66.7 Å². The summed E-state index contributed by atoms with van der Waals surface area (Å²) < 4.78 is 1.81. The molecule has 5 rings (SSSR count). The highest BCUT2D eigenvalue weighted by Gasteiger charge is 2.42. The summed E-state index contributed by atoms with van der Waals surface area (Å²) in [5.74, 6) is -1.21. The normalized spacial score (nSPS) is 17.5. The molecule has 2 heterocycles. The molecule has 1 unspecified atom stereocenters. The van der Waals surface area contributed by atoms with Gasteiger partial charge in [-0.15, -0.1) is 0 Å². The Bertz CT molecular complexity index is 1500. The first-order valence-corrected chi connectivity index (χ1v) is 12.4. The Balaban J connectivity index is 1.56. The summed E-state index contributed by atoms with van der Waals surface area (Å²) in [5.41, 5.74) is 3.39. The molecule has 0 aliphatic carbocycles. The summed E-state index contributed by atoms with van der Waals surface area (Å²) in [7, 11) is 1.82. The monoisotopic (exact) mass is 521 g/mol. The van der Waals surface area contributed by atoms with E-state index in [1.165, 1.54) is 0 Å². The molecule has 1 amide bonds. The van der Waals surface area contributed by atoms with Gasteiger partial charge in [0.15, 0.2) is 0 Å². The highest BCUT2D eigenvalue weighted by atomic mass is 35.5. The molecule has 1 aliphatic rings. The standard InChI is InChI=1S/C28H25Cl2N3O3/c1-17-14-18(8-9-20(17)27(35)36)28(12-13-33(16-28)19-6-4-3-5-7-19)31-26(34)24-15-21-23(32(24)2)11-10-22(29)25(21)30/h3-11,14-15H,12-13,16H2,1-2H3,(H,31,34)(H,35,36). The summed E-state index contributed by atoms with van der Waals surface area (Å²) in [6.07, 6.45) is 0.663. The number of para-hydroxylation sites is 1. The van der Waals surface area contributed by atoms with Gasteiger partial charge in [-0.25, -0.2) is 4.79 Å². The van der Waals surface area contributed by atoms with Crippen molar-refractivity contribution in [2.45, 2.75) is 18.9 Å². The van der Waals surface area contributed by atoms with Crippen molar-refractivity contribution in [3.05, 3.63) is 99.2 Å². The van der Waals surface area contributed by atoms with Crippen LogP contribution in [0.25, 0.3) is 10.9 Å². The molecular weight excluding hydrogens is 497 g/mol. The zero-order chi connectivity index (χ0) is 25.6. The van der Waals surface area contributed by atoms with Crippen LogP contribution in [-0.4, -0.2) is 34.6 Å². The lowest BCUT2D eigenvalue weighted by Gasteiger charge is -2.32. The predicted octanol–water partition coefficient (Wildman–Crippen LogP) is 6.03. The first-order chi connectivity index (χ1) is 17.2. The molecule has 1 fully saturated rings. The zero-order valence-corrected chi connectivity index (χ0v) is 21.4. The van der Waals surface area contributed by atoms with Gasteiger partial charge in [0.1, 0.15) is 5.69 Å². The molecule has 0 saturated carbocycles. The zero-order valence-electron chi connectivity index (χ0n) is 19.9. The number of anilines is 1. The molecule has 3 aromatic carbocycles. The van der Waals surface area contributed by atoms with E-state index in [4.69, 9.17) is 23.2 Å². The number of aromatic nitrogens is 1. The van der Waals surface area contributed by atoms with Crippen LogP contribution >= 0.6 is 23.2 Å². The van der Waals surface area contributed by atoms with Gasteiger partial charge < -0.3 is 19.9 Å². The molecule has 0 spiro atoms. The van der Waals surface area contributed by atoms with E-state index in [1.807, 2.05) is 60.1 Å². The molecule has 36 heavy (non-hydrogen) atoms. The third kappa shape index (κ3) is 4.10. The van der Waals surface area contributed by atoms with Crippen LogP contribution in [0.2, 0.25) is 10.0 Å². The number of nitrogens with one attached hydrogen (secondary N) is 1. The van der Waals surface area contributed by atoms with E-state index in [-0.39, 0.29) is 11.5 Å². The predicted molar refractivity (Wildman–Crippen MR) is 143 cm³/mol. The van der Waals surface area contributed by atoms with Crippen molar-refractivity contribution in [2.24, 2.45) is 7.05 Å². The smallest absolute Gasteiger partial charge is 0.335 e. The average molecular weight is 522 g/mol. The van der Waals surface area contributed by atoms with Gasteiger partial charge in [0.05, 0.1) is 21.1 Å². The number of carboxylic acids is 1. The van der Waals surface area contributed by atoms with E-state index in [9.17, 15) is 14.7 Å². The van der Waals surface area contributed by atoms with Gasteiger partial charge in [-0.05, 0) is 60.9 Å². The number of rotatable bonds is 5. The van der Waals surface area contributed by atoms with E-state index in [0.717, 1.165) is 23.3 Å². The van der Waals surface area contributed by atoms with E-state index >= 15 is 0 Å². The maximum absolute atomic E-state index is 13.7. The highest BCUT2D eigenvalue weighted by Crippen LogP contribution is 2.37. The van der Waals surface area contributed by atoms with Crippen molar-refractivity contribution in [1.82, 2.24) is 9.88 Å². The SMILES string of the molecule is Cc1cc(C2(NC(=O)c3cc4c(Cl)c(Cl)ccc4n3C)CCN(c3ccccc3)C2)ccc1C(=O)O. The lowest BCUT2D eigenvalue weighted by atomic mass is 9.86. The molecule has 1 aliphatic heterocycles. The lowest BCUT2D eigenvalue weighted by Crippen LogP contribution is -2.48. The topological polar surface area (TPSA) is 74.6 Å². The number of hydrogen-bond donors (Lipinski definition) is 2. The summed E-state index contributed by atoms with van der Waals surface area (Å²) in [4.78, 5) is 27.6. The Morgan fingerprint density at radius 1 is 1.03 bits per heavy atom. The number of carbonyl (C=O) groups is 2. The van der Waals surface area contributed by atoms with Gasteiger partial charge in [-0.3, -0.25) is 4.79 Å². The molecule has 0 radical (unpaired) electrons. The van der Waals surface area contributed by atoms with Crippen molar-refractivity contribution in [3.63, 3.8) is 0 Å². The number of halogens is 2. The van der Waals surface area contributed by atoms with E-state index in [1.54, 1.807) is 25.1 Å². The fourth-order valence-electron chi connectivity index (χ4n) is 5.13. The van der Waals surface area contributed by atoms with E-state index in [2.05, 4.69) is 10.2 Å². The summed E-state index contributed by atoms with van der Waals surface area (Å²) in [5, 5.41) is 14.4.